The Kier molecular flexibility index (Phi) is 3.91. The smallest absolute Gasteiger partial charge is 0.231 e. The van der Waals surface area contributed by atoms with Gasteiger partial charge < -0.3 is 5.73 Å². The molecule has 0 saturated heterocycles. The second-order valence-electron chi connectivity index (χ2n) is 6.93. The maximum absolute atomic E-state index is 13.3. The van der Waals surface area contributed by atoms with Crippen molar-refractivity contribution in [2.24, 2.45) is 15.7 Å². The molecular formula is C19H19FN4OS. The summed E-state index contributed by atoms with van der Waals surface area (Å²) in [7, 11) is 1.63. The van der Waals surface area contributed by atoms with Crippen molar-refractivity contribution in [3.8, 4) is 0 Å². The third-order valence-corrected chi connectivity index (χ3v) is 6.07. The van der Waals surface area contributed by atoms with Crippen molar-refractivity contribution < 1.29 is 9.18 Å². The zero-order chi connectivity index (χ0) is 18.5. The van der Waals surface area contributed by atoms with Gasteiger partial charge in [0, 0.05) is 23.9 Å². The molecule has 2 atom stereocenters. The van der Waals surface area contributed by atoms with E-state index in [0.29, 0.717) is 6.42 Å². The van der Waals surface area contributed by atoms with Crippen LogP contribution >= 0.6 is 11.3 Å². The van der Waals surface area contributed by atoms with Crippen LogP contribution in [0.15, 0.2) is 45.6 Å². The fraction of sp³-hybridized carbons (Fsp3) is 0.316. The van der Waals surface area contributed by atoms with Gasteiger partial charge in [0.15, 0.2) is 5.96 Å². The van der Waals surface area contributed by atoms with E-state index in [-0.39, 0.29) is 24.2 Å². The molecule has 1 unspecified atom stereocenters. The highest BCUT2D eigenvalue weighted by atomic mass is 32.1. The number of benzene rings is 1. The van der Waals surface area contributed by atoms with Crippen LogP contribution < -0.4 is 5.73 Å². The molecule has 0 aliphatic carbocycles. The molecule has 0 spiro atoms. The van der Waals surface area contributed by atoms with Crippen LogP contribution in [0.5, 0.6) is 0 Å². The van der Waals surface area contributed by atoms with E-state index >= 15 is 0 Å². The molecule has 2 aromatic rings. The lowest BCUT2D eigenvalue weighted by Gasteiger charge is -2.34. The van der Waals surface area contributed by atoms with Gasteiger partial charge in [0.2, 0.25) is 11.9 Å². The summed E-state index contributed by atoms with van der Waals surface area (Å²) in [5.41, 5.74) is 7.26. The fourth-order valence-corrected chi connectivity index (χ4v) is 4.44. The summed E-state index contributed by atoms with van der Waals surface area (Å²) < 4.78 is 14.4. The van der Waals surface area contributed by atoms with Gasteiger partial charge in [0.25, 0.3) is 0 Å². The molecule has 0 saturated carbocycles. The highest BCUT2D eigenvalue weighted by Gasteiger charge is 2.37. The van der Waals surface area contributed by atoms with Gasteiger partial charge in [-0.25, -0.2) is 9.98 Å². The first kappa shape index (κ1) is 16.9. The average Bonchev–Trinajstić information content (AvgIpc) is 3.08. The summed E-state index contributed by atoms with van der Waals surface area (Å²) in [6.07, 6.45) is 3.99. The zero-order valence-corrected chi connectivity index (χ0v) is 15.4. The molecule has 2 N–H and O–H groups in total. The summed E-state index contributed by atoms with van der Waals surface area (Å²) >= 11 is 1.65. The summed E-state index contributed by atoms with van der Waals surface area (Å²) in [5, 5.41) is 3.13. The molecule has 1 amide bonds. The number of hydrogen-bond donors (Lipinski definition) is 1. The van der Waals surface area contributed by atoms with Crippen LogP contribution in [-0.2, 0) is 10.3 Å². The standard InChI is InChI=1S/C19H19FN4OS/c1-19(9-16(25)24(2)18(21)23-19)13-7-11-5-6-26-17(11)14(8-13)12-3-4-15(20)22-10-12/h4-8,10,12H,3,9H2,1-2H3,(H2,21,23)/t12?,19-/m0/s1. The van der Waals surface area contributed by atoms with Gasteiger partial charge in [-0.2, -0.15) is 4.39 Å². The second kappa shape index (κ2) is 6.02. The molecule has 1 aromatic heterocycles. The third kappa shape index (κ3) is 2.72. The number of nitrogens with two attached hydrogens (primary N) is 1. The van der Waals surface area contributed by atoms with Crippen molar-refractivity contribution in [2.45, 2.75) is 31.2 Å². The number of fused-ring (bicyclic) bond motifs is 1. The number of allylic oxidation sites excluding steroid dienone is 1. The number of aliphatic imine (C=N–C) groups is 2. The van der Waals surface area contributed by atoms with Crippen LogP contribution in [0.2, 0.25) is 0 Å². The minimum atomic E-state index is -0.717. The molecule has 0 bridgehead atoms. The first-order valence-electron chi connectivity index (χ1n) is 8.41. The quantitative estimate of drug-likeness (QED) is 0.820. The van der Waals surface area contributed by atoms with Gasteiger partial charge in [-0.3, -0.25) is 9.69 Å². The van der Waals surface area contributed by atoms with Gasteiger partial charge in [-0.1, -0.05) is 6.07 Å². The van der Waals surface area contributed by atoms with E-state index in [9.17, 15) is 9.18 Å². The van der Waals surface area contributed by atoms with Gasteiger partial charge >= 0.3 is 0 Å². The van der Waals surface area contributed by atoms with Crippen LogP contribution in [0.3, 0.4) is 0 Å². The topological polar surface area (TPSA) is 71.0 Å². The monoisotopic (exact) mass is 370 g/mol. The van der Waals surface area contributed by atoms with E-state index in [0.717, 1.165) is 21.2 Å². The number of amides is 1. The number of guanidine groups is 1. The first-order chi connectivity index (χ1) is 12.4. The maximum atomic E-state index is 13.3. The molecule has 26 heavy (non-hydrogen) atoms. The molecule has 5 nitrogen and oxygen atoms in total. The Hall–Kier alpha value is -2.54. The molecule has 7 heteroatoms. The Morgan fingerprint density at radius 1 is 1.42 bits per heavy atom. The Bertz CT molecular complexity index is 993. The molecule has 0 fully saturated rings. The highest BCUT2D eigenvalue weighted by Crippen LogP contribution is 2.40. The lowest BCUT2D eigenvalue weighted by Crippen LogP contribution is -2.47. The number of carbonyl (C=O) groups is 1. The Labute approximate surface area is 154 Å². The molecule has 2 aliphatic rings. The predicted octanol–water partition coefficient (Wildman–Crippen LogP) is 3.66. The largest absolute Gasteiger partial charge is 0.369 e. The number of nitrogens with zero attached hydrogens (tertiary/aromatic N) is 3. The minimum absolute atomic E-state index is 0.00231. The normalized spacial score (nSPS) is 26.2. The molecule has 134 valence electrons. The van der Waals surface area contributed by atoms with E-state index < -0.39 is 11.5 Å². The van der Waals surface area contributed by atoms with Crippen molar-refractivity contribution in [2.75, 3.05) is 7.05 Å². The Morgan fingerprint density at radius 2 is 2.23 bits per heavy atom. The number of hydrogen-bond acceptors (Lipinski definition) is 5. The van der Waals surface area contributed by atoms with Crippen LogP contribution in [-0.4, -0.2) is 30.0 Å². The van der Waals surface area contributed by atoms with Crippen LogP contribution in [0.1, 0.15) is 36.8 Å². The summed E-state index contributed by atoms with van der Waals surface area (Å²) in [6, 6.07) is 6.19. The van der Waals surface area contributed by atoms with E-state index in [1.54, 1.807) is 24.6 Å². The van der Waals surface area contributed by atoms with Gasteiger partial charge in [-0.15, -0.1) is 11.3 Å². The maximum Gasteiger partial charge on any atom is 0.231 e. The molecular weight excluding hydrogens is 351 g/mol. The number of halogens is 1. The molecule has 2 aliphatic heterocycles. The second-order valence-corrected chi connectivity index (χ2v) is 7.84. The lowest BCUT2D eigenvalue weighted by atomic mass is 9.83. The van der Waals surface area contributed by atoms with Crippen molar-refractivity contribution >= 4 is 39.5 Å². The number of thiophene rings is 1. The minimum Gasteiger partial charge on any atom is -0.369 e. The van der Waals surface area contributed by atoms with Gasteiger partial charge in [-0.05, 0) is 53.4 Å². The summed E-state index contributed by atoms with van der Waals surface area (Å²) in [6.45, 7) is 1.93. The van der Waals surface area contributed by atoms with E-state index in [4.69, 9.17) is 5.73 Å². The van der Waals surface area contributed by atoms with E-state index in [1.807, 2.05) is 12.3 Å². The van der Waals surface area contributed by atoms with E-state index in [1.165, 1.54) is 11.0 Å². The average molecular weight is 370 g/mol. The third-order valence-electron chi connectivity index (χ3n) is 5.09. The van der Waals surface area contributed by atoms with Crippen molar-refractivity contribution in [1.29, 1.82) is 0 Å². The van der Waals surface area contributed by atoms with Gasteiger partial charge in [0.05, 0.1) is 12.0 Å². The SMILES string of the molecule is CN1C(=O)C[C@@](C)(c2cc(C3C=NC(F)=CC3)c3sccc3c2)N=C1N. The molecule has 4 rings (SSSR count). The molecule has 3 heterocycles. The molecule has 0 radical (unpaired) electrons. The fourth-order valence-electron chi connectivity index (χ4n) is 3.48. The molecule has 1 aromatic carbocycles. The Morgan fingerprint density at radius 3 is 2.92 bits per heavy atom. The zero-order valence-electron chi connectivity index (χ0n) is 14.6. The van der Waals surface area contributed by atoms with Crippen LogP contribution in [0.4, 0.5) is 4.39 Å². The van der Waals surface area contributed by atoms with Crippen molar-refractivity contribution in [1.82, 2.24) is 4.90 Å². The van der Waals surface area contributed by atoms with Crippen LogP contribution in [0, 0.1) is 0 Å². The Balaban J connectivity index is 1.85. The van der Waals surface area contributed by atoms with E-state index in [2.05, 4.69) is 28.2 Å². The van der Waals surface area contributed by atoms with Gasteiger partial charge in [0.1, 0.15) is 0 Å². The van der Waals surface area contributed by atoms with Crippen LogP contribution in [0.25, 0.3) is 10.1 Å². The number of rotatable bonds is 2. The number of carbonyl (C=O) groups excluding carboxylic acids is 1. The highest BCUT2D eigenvalue weighted by molar-refractivity contribution is 7.17. The van der Waals surface area contributed by atoms with Crippen molar-refractivity contribution in [3.05, 3.63) is 46.7 Å². The summed E-state index contributed by atoms with van der Waals surface area (Å²) in [5.74, 6) is -0.274. The van der Waals surface area contributed by atoms with Crippen molar-refractivity contribution in [3.63, 3.8) is 0 Å². The lowest BCUT2D eigenvalue weighted by molar-refractivity contribution is -0.128. The predicted molar refractivity (Wildman–Crippen MR) is 103 cm³/mol. The summed E-state index contributed by atoms with van der Waals surface area (Å²) in [4.78, 5) is 22.1. The first-order valence-corrected chi connectivity index (χ1v) is 9.29.